The van der Waals surface area contributed by atoms with Gasteiger partial charge in [-0.1, -0.05) is 18.2 Å². The summed E-state index contributed by atoms with van der Waals surface area (Å²) in [7, 11) is 0. The smallest absolute Gasteiger partial charge is 0.105 e. The minimum Gasteiger partial charge on any atom is -0.469 e. The second kappa shape index (κ2) is 5.01. The lowest BCUT2D eigenvalue weighted by Gasteiger charge is -2.00. The normalized spacial score (nSPS) is 10.1. The number of hydrogen-bond acceptors (Lipinski definition) is 2. The molecule has 3 heteroatoms. The van der Waals surface area contributed by atoms with Gasteiger partial charge in [-0.3, -0.25) is 0 Å². The Labute approximate surface area is 77.2 Å². The maximum atomic E-state index is 5.56. The van der Waals surface area contributed by atoms with Gasteiger partial charge in [-0.2, -0.15) is 0 Å². The molecule has 66 valence electrons. The van der Waals surface area contributed by atoms with Crippen molar-refractivity contribution in [2.24, 2.45) is 0 Å². The van der Waals surface area contributed by atoms with Gasteiger partial charge in [0.2, 0.25) is 0 Å². The Hall–Kier alpha value is -0.730. The summed E-state index contributed by atoms with van der Waals surface area (Å²) in [5.41, 5.74) is 0. The predicted molar refractivity (Wildman–Crippen MR) is 50.3 cm³/mol. The summed E-state index contributed by atoms with van der Waals surface area (Å²) < 4.78 is 5.15. The van der Waals surface area contributed by atoms with Crippen LogP contribution in [0.15, 0.2) is 34.4 Å². The van der Waals surface area contributed by atoms with Crippen molar-refractivity contribution in [3.05, 3.63) is 35.8 Å². The summed E-state index contributed by atoms with van der Waals surface area (Å²) in [4.78, 5) is 0. The largest absolute Gasteiger partial charge is 0.469 e. The van der Waals surface area contributed by atoms with Crippen LogP contribution >= 0.6 is 11.6 Å². The predicted octanol–water partition coefficient (Wildman–Crippen LogP) is 2.16. The molecule has 0 atom stereocenters. The van der Waals surface area contributed by atoms with E-state index in [1.54, 1.807) is 6.26 Å². The van der Waals surface area contributed by atoms with E-state index in [1.165, 1.54) is 0 Å². The molecule has 1 N–H and O–H groups in total. The van der Waals surface area contributed by atoms with E-state index in [2.05, 4.69) is 11.9 Å². The lowest BCUT2D eigenvalue weighted by molar-refractivity contribution is 0.502. The van der Waals surface area contributed by atoms with E-state index < -0.39 is 0 Å². The highest BCUT2D eigenvalue weighted by Gasteiger charge is 1.94. The molecular formula is C9H12ClNO. The van der Waals surface area contributed by atoms with E-state index in [-0.39, 0.29) is 0 Å². The highest BCUT2D eigenvalue weighted by atomic mass is 35.5. The Bertz CT molecular complexity index is 231. The molecule has 1 rings (SSSR count). The van der Waals surface area contributed by atoms with Crippen LogP contribution in [0.5, 0.6) is 0 Å². The van der Waals surface area contributed by atoms with Crippen LogP contribution in [0.4, 0.5) is 0 Å². The molecule has 0 bridgehead atoms. The molecule has 12 heavy (non-hydrogen) atoms. The van der Waals surface area contributed by atoms with E-state index in [1.807, 2.05) is 12.1 Å². The van der Waals surface area contributed by atoms with E-state index in [0.29, 0.717) is 11.6 Å². The van der Waals surface area contributed by atoms with Crippen LogP contribution < -0.4 is 5.32 Å². The third kappa shape index (κ3) is 3.60. The zero-order valence-corrected chi connectivity index (χ0v) is 7.60. The third-order valence-corrected chi connectivity index (χ3v) is 1.58. The molecule has 0 saturated carbocycles. The van der Waals surface area contributed by atoms with Gasteiger partial charge in [0, 0.05) is 24.5 Å². The maximum absolute atomic E-state index is 5.56. The topological polar surface area (TPSA) is 25.2 Å². The molecule has 0 aromatic carbocycles. The van der Waals surface area contributed by atoms with Gasteiger partial charge in [0.05, 0.1) is 6.26 Å². The molecule has 1 heterocycles. The summed E-state index contributed by atoms with van der Waals surface area (Å²) in [6.45, 7) is 5.08. The Morgan fingerprint density at radius 1 is 1.67 bits per heavy atom. The van der Waals surface area contributed by atoms with Gasteiger partial charge in [-0.05, 0) is 12.1 Å². The molecule has 0 aliphatic heterocycles. The van der Waals surface area contributed by atoms with Crippen molar-refractivity contribution < 1.29 is 4.42 Å². The number of halogens is 1. The average molecular weight is 186 g/mol. The standard InChI is InChI=1S/C9H12ClNO/c1-8(10)7-11-5-4-9-3-2-6-12-9/h2-3,6,11H,1,4-5,7H2. The first-order valence-electron chi connectivity index (χ1n) is 3.85. The van der Waals surface area contributed by atoms with Gasteiger partial charge in [-0.25, -0.2) is 0 Å². The summed E-state index contributed by atoms with van der Waals surface area (Å²) in [6, 6.07) is 3.84. The molecule has 0 fully saturated rings. The monoisotopic (exact) mass is 185 g/mol. The first-order chi connectivity index (χ1) is 5.79. The Morgan fingerprint density at radius 2 is 2.50 bits per heavy atom. The zero-order valence-electron chi connectivity index (χ0n) is 6.85. The molecule has 0 aliphatic carbocycles. The molecule has 0 radical (unpaired) electrons. The first kappa shape index (κ1) is 9.36. The first-order valence-corrected chi connectivity index (χ1v) is 4.23. The van der Waals surface area contributed by atoms with Crippen molar-refractivity contribution >= 4 is 11.6 Å². The van der Waals surface area contributed by atoms with Crippen LogP contribution in [0.1, 0.15) is 5.76 Å². The summed E-state index contributed by atoms with van der Waals surface area (Å²) >= 11 is 5.56. The summed E-state index contributed by atoms with van der Waals surface area (Å²) in [5.74, 6) is 0.989. The van der Waals surface area contributed by atoms with Crippen LogP contribution in [0.2, 0.25) is 0 Å². The van der Waals surface area contributed by atoms with Gasteiger partial charge in [-0.15, -0.1) is 0 Å². The molecule has 0 amide bonds. The van der Waals surface area contributed by atoms with Crippen LogP contribution in [0, 0.1) is 0 Å². The SMILES string of the molecule is C=C(Cl)CNCCc1ccco1. The van der Waals surface area contributed by atoms with E-state index in [0.717, 1.165) is 18.7 Å². The Kier molecular flexibility index (Phi) is 3.91. The zero-order chi connectivity index (χ0) is 8.81. The van der Waals surface area contributed by atoms with Crippen LogP contribution in [-0.4, -0.2) is 13.1 Å². The number of furan rings is 1. The second-order valence-corrected chi connectivity index (χ2v) is 3.06. The van der Waals surface area contributed by atoms with Gasteiger partial charge < -0.3 is 9.73 Å². The summed E-state index contributed by atoms with van der Waals surface area (Å²) in [6.07, 6.45) is 2.56. The third-order valence-electron chi connectivity index (χ3n) is 1.45. The van der Waals surface area contributed by atoms with Crippen molar-refractivity contribution in [1.82, 2.24) is 5.32 Å². The van der Waals surface area contributed by atoms with E-state index in [9.17, 15) is 0 Å². The van der Waals surface area contributed by atoms with Crippen LogP contribution in [0.25, 0.3) is 0 Å². The fourth-order valence-electron chi connectivity index (χ4n) is 0.890. The molecule has 1 aromatic heterocycles. The minimum atomic E-state index is 0.634. The average Bonchev–Trinajstić information content (AvgIpc) is 2.49. The van der Waals surface area contributed by atoms with Crippen molar-refractivity contribution in [2.45, 2.75) is 6.42 Å². The number of rotatable bonds is 5. The quantitative estimate of drug-likeness (QED) is 0.712. The van der Waals surface area contributed by atoms with Crippen LogP contribution in [-0.2, 0) is 6.42 Å². The molecular weight excluding hydrogens is 174 g/mol. The van der Waals surface area contributed by atoms with Crippen molar-refractivity contribution in [2.75, 3.05) is 13.1 Å². The molecule has 0 spiro atoms. The molecule has 2 nitrogen and oxygen atoms in total. The second-order valence-electron chi connectivity index (χ2n) is 2.52. The maximum Gasteiger partial charge on any atom is 0.105 e. The lowest BCUT2D eigenvalue weighted by atomic mass is 10.3. The van der Waals surface area contributed by atoms with Gasteiger partial charge >= 0.3 is 0 Å². The molecule has 1 aromatic rings. The Morgan fingerprint density at radius 3 is 3.08 bits per heavy atom. The van der Waals surface area contributed by atoms with Crippen LogP contribution in [0.3, 0.4) is 0 Å². The Balaban J connectivity index is 2.07. The molecule has 0 aliphatic rings. The van der Waals surface area contributed by atoms with Gasteiger partial charge in [0.25, 0.3) is 0 Å². The number of nitrogens with one attached hydrogen (secondary N) is 1. The van der Waals surface area contributed by atoms with E-state index >= 15 is 0 Å². The van der Waals surface area contributed by atoms with Gasteiger partial charge in [0.15, 0.2) is 0 Å². The van der Waals surface area contributed by atoms with E-state index in [4.69, 9.17) is 16.0 Å². The highest BCUT2D eigenvalue weighted by molar-refractivity contribution is 6.29. The van der Waals surface area contributed by atoms with Gasteiger partial charge in [0.1, 0.15) is 5.76 Å². The van der Waals surface area contributed by atoms with Crippen molar-refractivity contribution in [3.8, 4) is 0 Å². The van der Waals surface area contributed by atoms with Crippen molar-refractivity contribution in [1.29, 1.82) is 0 Å². The molecule has 0 saturated heterocycles. The number of hydrogen-bond donors (Lipinski definition) is 1. The fraction of sp³-hybridized carbons (Fsp3) is 0.333. The fourth-order valence-corrected chi connectivity index (χ4v) is 0.985. The lowest BCUT2D eigenvalue weighted by Crippen LogP contribution is -2.18. The highest BCUT2D eigenvalue weighted by Crippen LogP contribution is 1.99. The minimum absolute atomic E-state index is 0.634. The summed E-state index contributed by atoms with van der Waals surface area (Å²) in [5, 5.41) is 3.77. The van der Waals surface area contributed by atoms with Crippen molar-refractivity contribution in [3.63, 3.8) is 0 Å². The molecule has 0 unspecified atom stereocenters.